The maximum absolute atomic E-state index is 13.6. The van der Waals surface area contributed by atoms with Gasteiger partial charge in [-0.25, -0.2) is 4.39 Å². The van der Waals surface area contributed by atoms with Crippen LogP contribution in [0.2, 0.25) is 0 Å². The van der Waals surface area contributed by atoms with Gasteiger partial charge >= 0.3 is 0 Å². The number of rotatable bonds is 2. The van der Waals surface area contributed by atoms with Crippen molar-refractivity contribution in [1.29, 1.82) is 0 Å². The third-order valence-corrected chi connectivity index (χ3v) is 4.50. The molecule has 2 aromatic rings. The van der Waals surface area contributed by atoms with Crippen molar-refractivity contribution in [2.75, 3.05) is 0 Å². The summed E-state index contributed by atoms with van der Waals surface area (Å²) in [5, 5.41) is -0.317. The SMILES string of the molecule is Cc1cc(F)cc(C(Cl)c2c(C)c(C)cc(C)c2C)c1. The molecule has 2 rings (SSSR count). The third kappa shape index (κ3) is 2.73. The maximum Gasteiger partial charge on any atom is 0.123 e. The molecule has 0 saturated carbocycles. The van der Waals surface area contributed by atoms with Crippen molar-refractivity contribution in [3.8, 4) is 0 Å². The summed E-state index contributed by atoms with van der Waals surface area (Å²) in [6.07, 6.45) is 0. The second kappa shape index (κ2) is 5.57. The van der Waals surface area contributed by atoms with Gasteiger partial charge in [0.25, 0.3) is 0 Å². The van der Waals surface area contributed by atoms with Crippen LogP contribution in [0.5, 0.6) is 0 Å². The summed E-state index contributed by atoms with van der Waals surface area (Å²) in [7, 11) is 0. The summed E-state index contributed by atoms with van der Waals surface area (Å²) in [5.41, 5.74) is 7.65. The van der Waals surface area contributed by atoms with E-state index >= 15 is 0 Å². The van der Waals surface area contributed by atoms with E-state index in [0.29, 0.717) is 0 Å². The lowest BCUT2D eigenvalue weighted by molar-refractivity contribution is 0.624. The molecule has 0 radical (unpaired) electrons. The molecule has 0 N–H and O–H groups in total. The van der Waals surface area contributed by atoms with Gasteiger partial charge in [-0.3, -0.25) is 0 Å². The molecule has 0 fully saturated rings. The van der Waals surface area contributed by atoms with Gasteiger partial charge in [0.15, 0.2) is 0 Å². The molecule has 0 saturated heterocycles. The zero-order valence-corrected chi connectivity index (χ0v) is 13.4. The molecule has 0 amide bonds. The molecule has 0 aliphatic rings. The summed E-state index contributed by atoms with van der Waals surface area (Å²) in [6, 6.07) is 7.18. The zero-order valence-electron chi connectivity index (χ0n) is 12.6. The van der Waals surface area contributed by atoms with Crippen LogP contribution in [0.3, 0.4) is 0 Å². The van der Waals surface area contributed by atoms with Crippen LogP contribution in [0.4, 0.5) is 4.39 Å². The first-order valence-corrected chi connectivity index (χ1v) is 7.23. The van der Waals surface area contributed by atoms with E-state index in [1.165, 1.54) is 34.4 Å². The maximum atomic E-state index is 13.6. The summed E-state index contributed by atoms with van der Waals surface area (Å²) in [5.74, 6) is -0.231. The highest BCUT2D eigenvalue weighted by atomic mass is 35.5. The fourth-order valence-electron chi connectivity index (χ4n) is 2.71. The molecule has 0 bridgehead atoms. The molecule has 0 nitrogen and oxygen atoms in total. The van der Waals surface area contributed by atoms with Crippen molar-refractivity contribution >= 4 is 11.6 Å². The Labute approximate surface area is 125 Å². The van der Waals surface area contributed by atoms with Gasteiger partial charge in [-0.1, -0.05) is 12.1 Å². The number of halogens is 2. The predicted molar refractivity (Wildman–Crippen MR) is 84.2 cm³/mol. The Bertz CT molecular complexity index is 612. The monoisotopic (exact) mass is 290 g/mol. The quantitative estimate of drug-likeness (QED) is 0.623. The topological polar surface area (TPSA) is 0 Å². The molecule has 2 aromatic carbocycles. The van der Waals surface area contributed by atoms with Crippen LogP contribution in [0.15, 0.2) is 24.3 Å². The Morgan fingerprint density at radius 2 is 1.40 bits per heavy atom. The Morgan fingerprint density at radius 1 is 0.850 bits per heavy atom. The largest absolute Gasteiger partial charge is 0.207 e. The Morgan fingerprint density at radius 3 is 1.90 bits per heavy atom. The molecular formula is C18H20ClF. The number of hydrogen-bond donors (Lipinski definition) is 0. The van der Waals surface area contributed by atoms with Gasteiger partial charge in [-0.2, -0.15) is 0 Å². The van der Waals surface area contributed by atoms with Crippen molar-refractivity contribution in [2.24, 2.45) is 0 Å². The second-order valence-corrected chi connectivity index (χ2v) is 6.03. The van der Waals surface area contributed by atoms with Crippen LogP contribution in [0.25, 0.3) is 0 Å². The van der Waals surface area contributed by atoms with Gasteiger partial charge in [0.2, 0.25) is 0 Å². The van der Waals surface area contributed by atoms with E-state index in [9.17, 15) is 4.39 Å². The first kappa shape index (κ1) is 15.1. The summed E-state index contributed by atoms with van der Waals surface area (Å²) >= 11 is 6.66. The first-order valence-electron chi connectivity index (χ1n) is 6.79. The molecule has 0 aromatic heterocycles. The molecule has 106 valence electrons. The van der Waals surface area contributed by atoms with Crippen molar-refractivity contribution in [3.63, 3.8) is 0 Å². The summed E-state index contributed by atoms with van der Waals surface area (Å²) in [4.78, 5) is 0. The van der Waals surface area contributed by atoms with E-state index in [-0.39, 0.29) is 11.2 Å². The van der Waals surface area contributed by atoms with E-state index in [1.807, 2.05) is 13.0 Å². The highest BCUT2D eigenvalue weighted by Gasteiger charge is 2.19. The highest BCUT2D eigenvalue weighted by Crippen LogP contribution is 2.36. The minimum absolute atomic E-state index is 0.231. The van der Waals surface area contributed by atoms with Crippen LogP contribution < -0.4 is 0 Å². The summed E-state index contributed by atoms with van der Waals surface area (Å²) in [6.45, 7) is 10.2. The molecule has 20 heavy (non-hydrogen) atoms. The number of benzene rings is 2. The minimum Gasteiger partial charge on any atom is -0.207 e. The van der Waals surface area contributed by atoms with Gasteiger partial charge < -0.3 is 0 Å². The lowest BCUT2D eigenvalue weighted by Gasteiger charge is -2.20. The Balaban J connectivity index is 2.61. The van der Waals surface area contributed by atoms with E-state index in [0.717, 1.165) is 16.7 Å². The smallest absolute Gasteiger partial charge is 0.123 e. The molecule has 1 unspecified atom stereocenters. The van der Waals surface area contributed by atoms with Crippen molar-refractivity contribution < 1.29 is 4.39 Å². The van der Waals surface area contributed by atoms with Crippen LogP contribution in [-0.2, 0) is 0 Å². The van der Waals surface area contributed by atoms with Crippen LogP contribution in [0.1, 0.15) is 44.3 Å². The fourth-order valence-corrected chi connectivity index (χ4v) is 3.16. The average Bonchev–Trinajstić information content (AvgIpc) is 2.35. The minimum atomic E-state index is -0.317. The van der Waals surface area contributed by atoms with Crippen molar-refractivity contribution in [3.05, 3.63) is 69.0 Å². The van der Waals surface area contributed by atoms with Gasteiger partial charge in [-0.15, -0.1) is 11.6 Å². The predicted octanol–water partition coefficient (Wildman–Crippen LogP) is 5.70. The van der Waals surface area contributed by atoms with Gasteiger partial charge in [0, 0.05) is 0 Å². The van der Waals surface area contributed by atoms with Gasteiger partial charge in [0.1, 0.15) is 5.82 Å². The third-order valence-electron chi connectivity index (χ3n) is 4.03. The molecule has 0 spiro atoms. The van der Waals surface area contributed by atoms with E-state index < -0.39 is 0 Å². The molecular weight excluding hydrogens is 271 g/mol. The number of aryl methyl sites for hydroxylation is 3. The van der Waals surface area contributed by atoms with Crippen LogP contribution in [0, 0.1) is 40.4 Å². The Hall–Kier alpha value is -1.34. The standard InChI is InChI=1S/C18H20ClF/c1-10-6-15(9-16(20)7-10)18(19)17-13(4)11(2)8-12(3)14(17)5/h6-9,18H,1-5H3. The van der Waals surface area contributed by atoms with Crippen molar-refractivity contribution in [1.82, 2.24) is 0 Å². The normalized spacial score (nSPS) is 12.6. The molecule has 0 aliphatic carbocycles. The molecule has 1 atom stereocenters. The number of alkyl halides is 1. The van der Waals surface area contributed by atoms with Crippen molar-refractivity contribution in [2.45, 2.75) is 40.0 Å². The molecule has 0 aliphatic heterocycles. The molecule has 0 heterocycles. The lowest BCUT2D eigenvalue weighted by atomic mass is 9.89. The number of hydrogen-bond acceptors (Lipinski definition) is 0. The van der Waals surface area contributed by atoms with Gasteiger partial charge in [0.05, 0.1) is 5.38 Å². The zero-order chi connectivity index (χ0) is 15.0. The summed E-state index contributed by atoms with van der Waals surface area (Å²) < 4.78 is 13.6. The van der Waals surface area contributed by atoms with Crippen LogP contribution >= 0.6 is 11.6 Å². The Kier molecular flexibility index (Phi) is 4.19. The lowest BCUT2D eigenvalue weighted by Crippen LogP contribution is -2.04. The van der Waals surface area contributed by atoms with Crippen LogP contribution in [-0.4, -0.2) is 0 Å². The fraction of sp³-hybridized carbons (Fsp3) is 0.333. The molecule has 2 heteroatoms. The average molecular weight is 291 g/mol. The second-order valence-electron chi connectivity index (χ2n) is 5.60. The van der Waals surface area contributed by atoms with E-state index in [1.54, 1.807) is 0 Å². The first-order chi connectivity index (χ1) is 9.31. The van der Waals surface area contributed by atoms with E-state index in [4.69, 9.17) is 11.6 Å². The van der Waals surface area contributed by atoms with E-state index in [2.05, 4.69) is 33.8 Å². The van der Waals surface area contributed by atoms with Gasteiger partial charge in [-0.05, 0) is 85.7 Å². The highest BCUT2D eigenvalue weighted by molar-refractivity contribution is 6.22.